The standard InChI is InChI=1S/C11H14O3.C2H6/c1-4-14-8(2)9-5-6-10(12)11(7-9)13-3;1-2/h5-7,12H,2,4H2,1,3H3;1-2H3. The summed E-state index contributed by atoms with van der Waals surface area (Å²) in [5.41, 5.74) is 0.807. The fraction of sp³-hybridized carbons (Fsp3) is 0.385. The number of ether oxygens (including phenoxy) is 2. The monoisotopic (exact) mass is 224 g/mol. The highest BCUT2D eigenvalue weighted by atomic mass is 16.5. The Morgan fingerprint density at radius 2 is 2.00 bits per heavy atom. The van der Waals surface area contributed by atoms with Gasteiger partial charge in [0, 0.05) is 5.56 Å². The SMILES string of the molecule is C=C(OCC)c1ccc(O)c(OC)c1.CC. The first kappa shape index (κ1) is 14.4. The van der Waals surface area contributed by atoms with Crippen LogP contribution in [-0.2, 0) is 4.74 Å². The van der Waals surface area contributed by atoms with Crippen molar-refractivity contribution in [3.8, 4) is 11.5 Å². The van der Waals surface area contributed by atoms with Gasteiger partial charge >= 0.3 is 0 Å². The van der Waals surface area contributed by atoms with Gasteiger partial charge in [-0.05, 0) is 25.1 Å². The van der Waals surface area contributed by atoms with Crippen molar-refractivity contribution in [2.24, 2.45) is 0 Å². The van der Waals surface area contributed by atoms with Gasteiger partial charge in [-0.15, -0.1) is 0 Å². The van der Waals surface area contributed by atoms with Crippen LogP contribution in [0.4, 0.5) is 0 Å². The minimum absolute atomic E-state index is 0.112. The predicted octanol–water partition coefficient (Wildman–Crippen LogP) is 3.43. The largest absolute Gasteiger partial charge is 0.504 e. The van der Waals surface area contributed by atoms with Gasteiger partial charge in [0.1, 0.15) is 5.76 Å². The van der Waals surface area contributed by atoms with E-state index in [1.807, 2.05) is 20.8 Å². The zero-order valence-corrected chi connectivity index (χ0v) is 10.4. The first-order chi connectivity index (χ1) is 7.69. The Morgan fingerprint density at radius 3 is 2.50 bits per heavy atom. The molecule has 0 unspecified atom stereocenters. The van der Waals surface area contributed by atoms with Crippen molar-refractivity contribution in [1.29, 1.82) is 0 Å². The summed E-state index contributed by atoms with van der Waals surface area (Å²) in [5.74, 6) is 1.11. The topological polar surface area (TPSA) is 38.7 Å². The lowest BCUT2D eigenvalue weighted by Crippen LogP contribution is -1.91. The van der Waals surface area contributed by atoms with Gasteiger partial charge < -0.3 is 14.6 Å². The Morgan fingerprint density at radius 1 is 1.38 bits per heavy atom. The van der Waals surface area contributed by atoms with E-state index in [4.69, 9.17) is 9.47 Å². The van der Waals surface area contributed by atoms with Gasteiger partial charge in [-0.1, -0.05) is 20.4 Å². The Bertz CT molecular complexity index is 332. The lowest BCUT2D eigenvalue weighted by molar-refractivity contribution is 0.298. The van der Waals surface area contributed by atoms with Crippen molar-refractivity contribution in [3.63, 3.8) is 0 Å². The first-order valence-corrected chi connectivity index (χ1v) is 5.38. The van der Waals surface area contributed by atoms with E-state index in [2.05, 4.69) is 6.58 Å². The Labute approximate surface area is 97.3 Å². The highest BCUT2D eigenvalue weighted by Crippen LogP contribution is 2.28. The smallest absolute Gasteiger partial charge is 0.161 e. The fourth-order valence-electron chi connectivity index (χ4n) is 1.11. The second kappa shape index (κ2) is 7.63. The molecule has 0 aromatic heterocycles. The number of benzene rings is 1. The first-order valence-electron chi connectivity index (χ1n) is 5.38. The molecule has 1 aromatic rings. The molecule has 0 bridgehead atoms. The highest BCUT2D eigenvalue weighted by molar-refractivity contribution is 5.61. The molecule has 1 rings (SSSR count). The van der Waals surface area contributed by atoms with Crippen LogP contribution in [0.15, 0.2) is 24.8 Å². The van der Waals surface area contributed by atoms with Crippen molar-refractivity contribution in [1.82, 2.24) is 0 Å². The van der Waals surface area contributed by atoms with E-state index in [1.54, 1.807) is 18.2 Å². The van der Waals surface area contributed by atoms with Crippen LogP contribution in [0.2, 0.25) is 0 Å². The van der Waals surface area contributed by atoms with Gasteiger partial charge in [0.2, 0.25) is 0 Å². The molecule has 16 heavy (non-hydrogen) atoms. The van der Waals surface area contributed by atoms with Gasteiger partial charge in [-0.25, -0.2) is 0 Å². The molecule has 0 saturated heterocycles. The fourth-order valence-corrected chi connectivity index (χ4v) is 1.11. The highest BCUT2D eigenvalue weighted by Gasteiger charge is 2.05. The lowest BCUT2D eigenvalue weighted by atomic mass is 10.2. The number of methoxy groups -OCH3 is 1. The number of phenols is 1. The number of hydrogen-bond donors (Lipinski definition) is 1. The molecule has 0 aliphatic rings. The molecule has 1 aromatic carbocycles. The summed E-state index contributed by atoms with van der Waals surface area (Å²) in [6.07, 6.45) is 0. The lowest BCUT2D eigenvalue weighted by Gasteiger charge is -2.09. The van der Waals surface area contributed by atoms with E-state index < -0.39 is 0 Å². The normalized spacial score (nSPS) is 8.75. The van der Waals surface area contributed by atoms with Crippen LogP contribution in [0.25, 0.3) is 5.76 Å². The minimum Gasteiger partial charge on any atom is -0.504 e. The van der Waals surface area contributed by atoms with Crippen LogP contribution >= 0.6 is 0 Å². The molecule has 1 N–H and O–H groups in total. The molecule has 90 valence electrons. The van der Waals surface area contributed by atoms with E-state index in [0.29, 0.717) is 18.1 Å². The zero-order chi connectivity index (χ0) is 12.6. The van der Waals surface area contributed by atoms with Gasteiger partial charge in [0.25, 0.3) is 0 Å². The molecule has 0 atom stereocenters. The maximum absolute atomic E-state index is 9.35. The molecular weight excluding hydrogens is 204 g/mol. The molecular formula is C13H20O3. The molecule has 0 fully saturated rings. The van der Waals surface area contributed by atoms with Crippen LogP contribution in [0.3, 0.4) is 0 Å². The van der Waals surface area contributed by atoms with Crippen LogP contribution in [0.5, 0.6) is 11.5 Å². The van der Waals surface area contributed by atoms with E-state index in [-0.39, 0.29) is 5.75 Å². The van der Waals surface area contributed by atoms with Crippen LogP contribution in [0.1, 0.15) is 26.3 Å². The van der Waals surface area contributed by atoms with E-state index in [9.17, 15) is 5.11 Å². The van der Waals surface area contributed by atoms with Gasteiger partial charge in [-0.3, -0.25) is 0 Å². The third kappa shape index (κ3) is 3.85. The molecule has 3 nitrogen and oxygen atoms in total. The van der Waals surface area contributed by atoms with Crippen molar-refractivity contribution in [3.05, 3.63) is 30.3 Å². The maximum Gasteiger partial charge on any atom is 0.161 e. The predicted molar refractivity (Wildman–Crippen MR) is 66.7 cm³/mol. The van der Waals surface area contributed by atoms with Crippen molar-refractivity contribution in [2.45, 2.75) is 20.8 Å². The van der Waals surface area contributed by atoms with Crippen molar-refractivity contribution < 1.29 is 14.6 Å². The molecule has 0 radical (unpaired) electrons. The average molecular weight is 224 g/mol. The molecule has 0 saturated carbocycles. The summed E-state index contributed by atoms with van der Waals surface area (Å²) in [7, 11) is 1.50. The van der Waals surface area contributed by atoms with Crippen LogP contribution < -0.4 is 4.74 Å². The Kier molecular flexibility index (Phi) is 6.84. The average Bonchev–Trinajstić information content (AvgIpc) is 2.32. The van der Waals surface area contributed by atoms with Crippen LogP contribution in [0, 0.1) is 0 Å². The zero-order valence-electron chi connectivity index (χ0n) is 10.4. The number of rotatable bonds is 4. The summed E-state index contributed by atoms with van der Waals surface area (Å²) in [6.45, 7) is 10.2. The van der Waals surface area contributed by atoms with E-state index >= 15 is 0 Å². The quantitative estimate of drug-likeness (QED) is 0.796. The summed E-state index contributed by atoms with van der Waals surface area (Å²) < 4.78 is 10.2. The summed E-state index contributed by atoms with van der Waals surface area (Å²) in [5, 5.41) is 9.35. The minimum atomic E-state index is 0.112. The maximum atomic E-state index is 9.35. The van der Waals surface area contributed by atoms with E-state index in [0.717, 1.165) is 5.56 Å². The molecule has 0 aliphatic carbocycles. The summed E-state index contributed by atoms with van der Waals surface area (Å²) in [6, 6.07) is 4.97. The summed E-state index contributed by atoms with van der Waals surface area (Å²) in [4.78, 5) is 0. The number of phenolic OH excluding ortho intramolecular Hbond substituents is 1. The van der Waals surface area contributed by atoms with Gasteiger partial charge in [0.05, 0.1) is 13.7 Å². The molecule has 0 amide bonds. The second-order valence-electron chi connectivity index (χ2n) is 2.74. The number of hydrogen-bond acceptors (Lipinski definition) is 3. The van der Waals surface area contributed by atoms with Crippen molar-refractivity contribution >= 4 is 5.76 Å². The molecule has 0 heterocycles. The van der Waals surface area contributed by atoms with Crippen molar-refractivity contribution in [2.75, 3.05) is 13.7 Å². The van der Waals surface area contributed by atoms with Gasteiger partial charge in [-0.2, -0.15) is 0 Å². The Balaban J connectivity index is 0.00000106. The molecule has 0 aliphatic heterocycles. The Hall–Kier alpha value is -1.64. The van der Waals surface area contributed by atoms with Crippen LogP contribution in [-0.4, -0.2) is 18.8 Å². The number of aromatic hydroxyl groups is 1. The third-order valence-electron chi connectivity index (χ3n) is 1.82. The van der Waals surface area contributed by atoms with Gasteiger partial charge in [0.15, 0.2) is 11.5 Å². The van der Waals surface area contributed by atoms with E-state index in [1.165, 1.54) is 7.11 Å². The third-order valence-corrected chi connectivity index (χ3v) is 1.82. The molecule has 3 heteroatoms. The summed E-state index contributed by atoms with van der Waals surface area (Å²) >= 11 is 0. The molecule has 0 spiro atoms. The second-order valence-corrected chi connectivity index (χ2v) is 2.74.